The van der Waals surface area contributed by atoms with Crippen LogP contribution in [-0.2, 0) is 14.3 Å². The minimum Gasteiger partial charge on any atom is -0.494 e. The first-order valence-corrected chi connectivity index (χ1v) is 8.97. The fourth-order valence-electron chi connectivity index (χ4n) is 2.28. The Morgan fingerprint density at radius 2 is 1.96 bits per heavy atom. The van der Waals surface area contributed by atoms with E-state index in [0.29, 0.717) is 23.3 Å². The average molecular weight is 383 g/mol. The molecule has 1 N–H and O–H groups in total. The van der Waals surface area contributed by atoms with Gasteiger partial charge in [0.1, 0.15) is 16.8 Å². The molecular weight excluding hydrogens is 366 g/mol. The summed E-state index contributed by atoms with van der Waals surface area (Å²) in [4.78, 5) is 23.8. The molecule has 138 valence electrons. The second-order valence-electron chi connectivity index (χ2n) is 5.43. The van der Waals surface area contributed by atoms with E-state index >= 15 is 0 Å². The minimum atomic E-state index is -0.604. The van der Waals surface area contributed by atoms with E-state index in [2.05, 4.69) is 14.1 Å². The predicted octanol–water partition coefficient (Wildman–Crippen LogP) is 3.29. The maximum absolute atomic E-state index is 12.0. The number of anilines is 1. The number of aromatic nitrogens is 2. The standard InChI is InChI=1S/C19H17N3O4S/c1-2-25-14-9-6-13(7-10-14)8-11-18(24)26-12-17(23)20-15-4-3-5-16-19(15)22-27-21-16/h3-11H,2,12H2,1H3,(H,20,23). The lowest BCUT2D eigenvalue weighted by atomic mass is 10.2. The molecule has 3 aromatic rings. The van der Waals surface area contributed by atoms with Gasteiger partial charge in [0.25, 0.3) is 5.91 Å². The maximum atomic E-state index is 12.0. The van der Waals surface area contributed by atoms with Crippen LogP contribution in [0.2, 0.25) is 0 Å². The minimum absolute atomic E-state index is 0.388. The zero-order valence-corrected chi connectivity index (χ0v) is 15.4. The van der Waals surface area contributed by atoms with Crippen LogP contribution in [0.15, 0.2) is 48.5 Å². The Labute approximate surface area is 159 Å². The van der Waals surface area contributed by atoms with E-state index in [1.807, 2.05) is 31.2 Å². The van der Waals surface area contributed by atoms with Crippen molar-refractivity contribution in [1.82, 2.24) is 8.75 Å². The lowest BCUT2D eigenvalue weighted by molar-refractivity contribution is -0.142. The molecule has 0 fully saturated rings. The quantitative estimate of drug-likeness (QED) is 0.497. The molecule has 1 aromatic heterocycles. The summed E-state index contributed by atoms with van der Waals surface area (Å²) in [7, 11) is 0. The van der Waals surface area contributed by atoms with E-state index in [9.17, 15) is 9.59 Å². The summed E-state index contributed by atoms with van der Waals surface area (Å²) in [6.45, 7) is 2.12. The smallest absolute Gasteiger partial charge is 0.331 e. The summed E-state index contributed by atoms with van der Waals surface area (Å²) >= 11 is 1.07. The summed E-state index contributed by atoms with van der Waals surface area (Å²) in [6, 6.07) is 12.6. The average Bonchev–Trinajstić information content (AvgIpc) is 3.16. The number of ether oxygens (including phenoxy) is 2. The van der Waals surface area contributed by atoms with E-state index in [1.165, 1.54) is 6.08 Å². The van der Waals surface area contributed by atoms with Gasteiger partial charge in [-0.1, -0.05) is 18.2 Å². The van der Waals surface area contributed by atoms with Crippen molar-refractivity contribution in [2.24, 2.45) is 0 Å². The molecule has 0 radical (unpaired) electrons. The highest BCUT2D eigenvalue weighted by molar-refractivity contribution is 7.00. The van der Waals surface area contributed by atoms with Crippen LogP contribution in [0.1, 0.15) is 12.5 Å². The van der Waals surface area contributed by atoms with Crippen molar-refractivity contribution in [3.05, 3.63) is 54.1 Å². The van der Waals surface area contributed by atoms with E-state index in [0.717, 1.165) is 23.0 Å². The van der Waals surface area contributed by atoms with Gasteiger partial charge in [0.05, 0.1) is 24.0 Å². The van der Waals surface area contributed by atoms with Gasteiger partial charge in [-0.2, -0.15) is 8.75 Å². The van der Waals surface area contributed by atoms with Crippen molar-refractivity contribution in [2.45, 2.75) is 6.92 Å². The van der Waals surface area contributed by atoms with Crippen molar-refractivity contribution < 1.29 is 19.1 Å². The first-order valence-electron chi connectivity index (χ1n) is 8.24. The molecule has 8 heteroatoms. The van der Waals surface area contributed by atoms with Gasteiger partial charge >= 0.3 is 5.97 Å². The van der Waals surface area contributed by atoms with Gasteiger partial charge in [0.15, 0.2) is 6.61 Å². The number of nitrogens with one attached hydrogen (secondary N) is 1. The third-order valence-corrected chi connectivity index (χ3v) is 4.05. The van der Waals surface area contributed by atoms with Crippen LogP contribution in [0.25, 0.3) is 17.1 Å². The van der Waals surface area contributed by atoms with Gasteiger partial charge < -0.3 is 14.8 Å². The summed E-state index contributed by atoms with van der Waals surface area (Å²) in [5, 5.41) is 2.67. The van der Waals surface area contributed by atoms with Crippen LogP contribution >= 0.6 is 11.7 Å². The maximum Gasteiger partial charge on any atom is 0.331 e. The number of fused-ring (bicyclic) bond motifs is 1. The number of nitrogens with zero attached hydrogens (tertiary/aromatic N) is 2. The van der Waals surface area contributed by atoms with Crippen molar-refractivity contribution in [1.29, 1.82) is 0 Å². The van der Waals surface area contributed by atoms with Crippen molar-refractivity contribution in [2.75, 3.05) is 18.5 Å². The number of benzene rings is 2. The second-order valence-corrected chi connectivity index (χ2v) is 5.96. The molecule has 1 heterocycles. The number of hydrogen-bond acceptors (Lipinski definition) is 7. The zero-order chi connectivity index (χ0) is 19.1. The van der Waals surface area contributed by atoms with Crippen LogP contribution in [0.4, 0.5) is 5.69 Å². The lowest BCUT2D eigenvalue weighted by Gasteiger charge is -2.05. The highest BCUT2D eigenvalue weighted by atomic mass is 32.1. The molecule has 0 saturated heterocycles. The highest BCUT2D eigenvalue weighted by Crippen LogP contribution is 2.20. The van der Waals surface area contributed by atoms with Gasteiger partial charge in [-0.3, -0.25) is 4.79 Å². The number of carbonyl (C=O) groups is 2. The van der Waals surface area contributed by atoms with Gasteiger partial charge in [-0.05, 0) is 42.8 Å². The Bertz CT molecular complexity index is 967. The molecule has 2 aromatic carbocycles. The second kappa shape index (κ2) is 8.91. The van der Waals surface area contributed by atoms with Gasteiger partial charge in [0, 0.05) is 6.08 Å². The molecule has 0 atom stereocenters. The van der Waals surface area contributed by atoms with E-state index in [1.54, 1.807) is 24.3 Å². The Morgan fingerprint density at radius 3 is 2.74 bits per heavy atom. The number of carbonyl (C=O) groups excluding carboxylic acids is 2. The van der Waals surface area contributed by atoms with Crippen molar-refractivity contribution in [3.8, 4) is 5.75 Å². The molecule has 3 rings (SSSR count). The van der Waals surface area contributed by atoms with E-state index in [4.69, 9.17) is 9.47 Å². The molecule has 0 saturated carbocycles. The highest BCUT2D eigenvalue weighted by Gasteiger charge is 2.10. The van der Waals surface area contributed by atoms with Crippen LogP contribution in [0.5, 0.6) is 5.75 Å². The molecule has 1 amide bonds. The molecule has 0 bridgehead atoms. The number of hydrogen-bond donors (Lipinski definition) is 1. The Kier molecular flexibility index (Phi) is 6.11. The predicted molar refractivity (Wildman–Crippen MR) is 104 cm³/mol. The third kappa shape index (κ3) is 5.11. The van der Waals surface area contributed by atoms with Gasteiger partial charge in [-0.25, -0.2) is 4.79 Å². The third-order valence-electron chi connectivity index (χ3n) is 3.51. The number of amides is 1. The Morgan fingerprint density at radius 1 is 1.15 bits per heavy atom. The van der Waals surface area contributed by atoms with Crippen molar-refractivity contribution >= 4 is 46.4 Å². The summed E-state index contributed by atoms with van der Waals surface area (Å²) in [5.41, 5.74) is 2.67. The molecule has 0 aliphatic carbocycles. The van der Waals surface area contributed by atoms with Crippen LogP contribution in [0, 0.1) is 0 Å². The Balaban J connectivity index is 1.49. The molecule has 7 nitrogen and oxygen atoms in total. The zero-order valence-electron chi connectivity index (χ0n) is 14.5. The number of esters is 1. The van der Waals surface area contributed by atoms with Crippen LogP contribution < -0.4 is 10.1 Å². The fraction of sp³-hybridized carbons (Fsp3) is 0.158. The molecular formula is C19H17N3O4S. The van der Waals surface area contributed by atoms with Crippen LogP contribution in [0.3, 0.4) is 0 Å². The monoisotopic (exact) mass is 383 g/mol. The van der Waals surface area contributed by atoms with Gasteiger partial charge in [-0.15, -0.1) is 0 Å². The SMILES string of the molecule is CCOc1ccc(C=CC(=O)OCC(=O)Nc2cccc3nsnc23)cc1. The topological polar surface area (TPSA) is 90.4 Å². The van der Waals surface area contributed by atoms with E-state index in [-0.39, 0.29) is 6.61 Å². The molecule has 27 heavy (non-hydrogen) atoms. The van der Waals surface area contributed by atoms with Crippen LogP contribution in [-0.4, -0.2) is 33.8 Å². The lowest BCUT2D eigenvalue weighted by Crippen LogP contribution is -2.20. The van der Waals surface area contributed by atoms with Gasteiger partial charge in [0.2, 0.25) is 0 Å². The molecule has 0 spiro atoms. The summed E-state index contributed by atoms with van der Waals surface area (Å²) < 4.78 is 18.6. The van der Waals surface area contributed by atoms with E-state index < -0.39 is 11.9 Å². The van der Waals surface area contributed by atoms with Crippen molar-refractivity contribution in [3.63, 3.8) is 0 Å². The normalized spacial score (nSPS) is 10.9. The fourth-order valence-corrected chi connectivity index (χ4v) is 2.83. The molecule has 0 unspecified atom stereocenters. The number of rotatable bonds is 7. The Hall–Kier alpha value is -3.26. The molecule has 0 aliphatic heterocycles. The first kappa shape index (κ1) is 18.5. The largest absolute Gasteiger partial charge is 0.494 e. The molecule has 0 aliphatic rings. The first-order chi connectivity index (χ1) is 13.2. The summed E-state index contributed by atoms with van der Waals surface area (Å²) in [5.74, 6) is -0.287. The summed E-state index contributed by atoms with van der Waals surface area (Å²) in [6.07, 6.45) is 2.88.